The molecule has 2 nitrogen and oxygen atoms in total. The van der Waals surface area contributed by atoms with Gasteiger partial charge in [-0.05, 0) is 12.1 Å². The summed E-state index contributed by atoms with van der Waals surface area (Å²) in [4.78, 5) is 4.30. The maximum absolute atomic E-state index is 5.59. The molecule has 3 heteroatoms. The first-order chi connectivity index (χ1) is 7.01. The highest BCUT2D eigenvalue weighted by atomic mass is 28.3. The zero-order chi connectivity index (χ0) is 11.3. The van der Waals surface area contributed by atoms with Gasteiger partial charge in [-0.2, -0.15) is 0 Å². The quantitative estimate of drug-likeness (QED) is 0.397. The van der Waals surface area contributed by atoms with Crippen LogP contribution in [0.1, 0.15) is 0 Å². The smallest absolute Gasteiger partial charge is 0.107 e. The third kappa shape index (κ3) is 4.96. The molecule has 0 saturated heterocycles. The molecule has 1 rings (SSSR count). The second kappa shape index (κ2) is 5.29. The first kappa shape index (κ1) is 12.2. The highest BCUT2D eigenvalue weighted by Gasteiger charge is 2.13. The van der Waals surface area contributed by atoms with Crippen molar-refractivity contribution in [1.29, 1.82) is 0 Å². The third-order valence-electron chi connectivity index (χ3n) is 2.21. The Bertz CT molecular complexity index is 307. The molecule has 1 aliphatic heterocycles. The number of terminal acetylenes is 1. The number of ether oxygens (including phenoxy) is 1. The standard InChI is InChI=1S/C12H19NOSi/c1-5-11-6-7-12(13-11)10-14-8-9-15(2,3)4/h1,6-7,12H,8-10H2,2-4H3. The van der Waals surface area contributed by atoms with Crippen molar-refractivity contribution in [2.45, 2.75) is 31.7 Å². The molecular weight excluding hydrogens is 202 g/mol. The zero-order valence-electron chi connectivity index (χ0n) is 9.79. The summed E-state index contributed by atoms with van der Waals surface area (Å²) < 4.78 is 5.59. The van der Waals surface area contributed by atoms with Gasteiger partial charge in [0.2, 0.25) is 0 Å². The first-order valence-electron chi connectivity index (χ1n) is 5.31. The summed E-state index contributed by atoms with van der Waals surface area (Å²) in [6.07, 6.45) is 9.13. The van der Waals surface area contributed by atoms with Gasteiger partial charge in [-0.3, -0.25) is 4.99 Å². The maximum atomic E-state index is 5.59. The van der Waals surface area contributed by atoms with Crippen LogP contribution in [0.5, 0.6) is 0 Å². The van der Waals surface area contributed by atoms with Crippen LogP contribution in [-0.4, -0.2) is 33.0 Å². The Labute approximate surface area is 93.4 Å². The summed E-state index contributed by atoms with van der Waals surface area (Å²) in [7, 11) is -0.966. The molecular formula is C12H19NOSi. The lowest BCUT2D eigenvalue weighted by Crippen LogP contribution is -2.22. The van der Waals surface area contributed by atoms with E-state index in [1.54, 1.807) is 0 Å². The SMILES string of the molecule is C#CC1=NC(COCC[Si](C)(C)C)C=C1. The fraction of sp³-hybridized carbons (Fsp3) is 0.583. The van der Waals surface area contributed by atoms with Gasteiger partial charge < -0.3 is 4.74 Å². The van der Waals surface area contributed by atoms with Gasteiger partial charge in [-0.15, -0.1) is 6.42 Å². The predicted octanol–water partition coefficient (Wildman–Crippen LogP) is 2.35. The van der Waals surface area contributed by atoms with Crippen molar-refractivity contribution >= 4 is 13.8 Å². The molecule has 0 N–H and O–H groups in total. The van der Waals surface area contributed by atoms with Crippen LogP contribution in [0.3, 0.4) is 0 Å². The van der Waals surface area contributed by atoms with Crippen molar-refractivity contribution < 1.29 is 4.74 Å². The van der Waals surface area contributed by atoms with E-state index in [0.717, 1.165) is 12.3 Å². The van der Waals surface area contributed by atoms with Gasteiger partial charge in [0.15, 0.2) is 0 Å². The van der Waals surface area contributed by atoms with Crippen molar-refractivity contribution in [3.05, 3.63) is 12.2 Å². The second-order valence-electron chi connectivity index (χ2n) is 4.97. The van der Waals surface area contributed by atoms with E-state index in [2.05, 4.69) is 30.6 Å². The Morgan fingerprint density at radius 3 is 2.80 bits per heavy atom. The minimum absolute atomic E-state index is 0.137. The van der Waals surface area contributed by atoms with Gasteiger partial charge in [0.25, 0.3) is 0 Å². The molecule has 0 bridgehead atoms. The molecule has 82 valence electrons. The van der Waals surface area contributed by atoms with Gasteiger partial charge in [0, 0.05) is 14.7 Å². The number of allylic oxidation sites excluding steroid dienone is 1. The van der Waals surface area contributed by atoms with Crippen LogP contribution in [0.2, 0.25) is 25.7 Å². The van der Waals surface area contributed by atoms with Crippen LogP contribution in [-0.2, 0) is 4.74 Å². The molecule has 0 aromatic heterocycles. The average Bonchev–Trinajstić information content (AvgIpc) is 2.59. The van der Waals surface area contributed by atoms with Gasteiger partial charge in [0.1, 0.15) is 5.71 Å². The highest BCUT2D eigenvalue weighted by Crippen LogP contribution is 2.09. The average molecular weight is 221 g/mol. The van der Waals surface area contributed by atoms with Crippen LogP contribution in [0.15, 0.2) is 17.1 Å². The molecule has 15 heavy (non-hydrogen) atoms. The fourth-order valence-electron chi connectivity index (χ4n) is 1.23. The van der Waals surface area contributed by atoms with Crippen LogP contribution < -0.4 is 0 Å². The van der Waals surface area contributed by atoms with Crippen LogP contribution >= 0.6 is 0 Å². The number of aliphatic imine (C=N–C) groups is 1. The van der Waals surface area contributed by atoms with E-state index >= 15 is 0 Å². The number of hydrogen-bond acceptors (Lipinski definition) is 2. The van der Waals surface area contributed by atoms with E-state index in [-0.39, 0.29) is 6.04 Å². The molecule has 0 fully saturated rings. The molecule has 0 aromatic carbocycles. The fourth-order valence-corrected chi connectivity index (χ4v) is 1.98. The Kier molecular flexibility index (Phi) is 4.31. The maximum Gasteiger partial charge on any atom is 0.107 e. The minimum Gasteiger partial charge on any atom is -0.379 e. The largest absolute Gasteiger partial charge is 0.379 e. The van der Waals surface area contributed by atoms with E-state index in [4.69, 9.17) is 11.2 Å². The lowest BCUT2D eigenvalue weighted by molar-refractivity contribution is 0.143. The summed E-state index contributed by atoms with van der Waals surface area (Å²) in [6, 6.07) is 1.34. The summed E-state index contributed by atoms with van der Waals surface area (Å²) >= 11 is 0. The lowest BCUT2D eigenvalue weighted by Gasteiger charge is -2.15. The molecule has 1 atom stereocenters. The van der Waals surface area contributed by atoms with Crippen molar-refractivity contribution in [3.8, 4) is 12.3 Å². The Morgan fingerprint density at radius 1 is 1.53 bits per heavy atom. The Morgan fingerprint density at radius 2 is 2.27 bits per heavy atom. The molecule has 1 unspecified atom stereocenters. The van der Waals surface area contributed by atoms with Crippen LogP contribution in [0.25, 0.3) is 0 Å². The van der Waals surface area contributed by atoms with E-state index < -0.39 is 8.07 Å². The normalized spacial score (nSPS) is 20.1. The summed E-state index contributed by atoms with van der Waals surface area (Å²) in [5.74, 6) is 2.52. The lowest BCUT2D eigenvalue weighted by atomic mass is 10.3. The van der Waals surface area contributed by atoms with Crippen LogP contribution in [0.4, 0.5) is 0 Å². The molecule has 0 radical (unpaired) electrons. The van der Waals surface area contributed by atoms with Crippen LogP contribution in [0, 0.1) is 12.3 Å². The van der Waals surface area contributed by atoms with Crippen molar-refractivity contribution in [3.63, 3.8) is 0 Å². The predicted molar refractivity (Wildman–Crippen MR) is 68.2 cm³/mol. The molecule has 1 aliphatic rings. The first-order valence-corrected chi connectivity index (χ1v) is 9.02. The molecule has 1 heterocycles. The Balaban J connectivity index is 2.16. The second-order valence-corrected chi connectivity index (χ2v) is 10.6. The van der Waals surface area contributed by atoms with Crippen molar-refractivity contribution in [2.24, 2.45) is 4.99 Å². The van der Waals surface area contributed by atoms with Gasteiger partial charge in [-0.1, -0.05) is 31.6 Å². The van der Waals surface area contributed by atoms with Crippen molar-refractivity contribution in [2.75, 3.05) is 13.2 Å². The number of nitrogens with zero attached hydrogens (tertiary/aromatic N) is 1. The number of hydrogen-bond donors (Lipinski definition) is 0. The van der Waals surface area contributed by atoms with E-state index in [1.165, 1.54) is 6.04 Å². The van der Waals surface area contributed by atoms with Crippen molar-refractivity contribution in [1.82, 2.24) is 0 Å². The summed E-state index contributed by atoms with van der Waals surface area (Å²) in [5, 5.41) is 0. The molecule has 0 spiro atoms. The summed E-state index contributed by atoms with van der Waals surface area (Å²) in [6.45, 7) is 8.55. The van der Waals surface area contributed by atoms with E-state index in [9.17, 15) is 0 Å². The van der Waals surface area contributed by atoms with E-state index in [1.807, 2.05) is 12.2 Å². The summed E-state index contributed by atoms with van der Waals surface area (Å²) in [5.41, 5.74) is 0.730. The molecule has 0 saturated carbocycles. The van der Waals surface area contributed by atoms with Gasteiger partial charge >= 0.3 is 0 Å². The Hall–Kier alpha value is -0.853. The molecule has 0 amide bonds. The monoisotopic (exact) mass is 221 g/mol. The number of rotatable bonds is 5. The highest BCUT2D eigenvalue weighted by molar-refractivity contribution is 6.76. The van der Waals surface area contributed by atoms with E-state index in [0.29, 0.717) is 6.61 Å². The van der Waals surface area contributed by atoms with Gasteiger partial charge in [-0.25, -0.2) is 0 Å². The minimum atomic E-state index is -0.966. The van der Waals surface area contributed by atoms with Gasteiger partial charge in [0.05, 0.1) is 12.6 Å². The molecule has 0 aromatic rings. The topological polar surface area (TPSA) is 21.6 Å². The third-order valence-corrected chi connectivity index (χ3v) is 3.92. The zero-order valence-corrected chi connectivity index (χ0v) is 10.8. The molecule has 0 aliphatic carbocycles.